The molecule has 5 aromatic carbocycles. The Morgan fingerprint density at radius 3 is 2.19 bits per heavy atom. The molecule has 7 aromatic rings. The molecule has 2 heterocycles. The molecule has 0 spiro atoms. The van der Waals surface area contributed by atoms with Gasteiger partial charge in [0.25, 0.3) is 0 Å². The first-order valence-corrected chi connectivity index (χ1v) is 16.3. The molecular weight excluding hydrogens is 573 g/mol. The van der Waals surface area contributed by atoms with Gasteiger partial charge in [0, 0.05) is 32.8 Å². The third kappa shape index (κ3) is 3.51. The third-order valence-electron chi connectivity index (χ3n) is 11.1. The zero-order valence-corrected chi connectivity index (χ0v) is 26.9. The van der Waals surface area contributed by atoms with Crippen molar-refractivity contribution in [1.82, 2.24) is 9.13 Å². The van der Waals surface area contributed by atoms with Crippen molar-refractivity contribution in [2.45, 2.75) is 46.0 Å². The van der Waals surface area contributed by atoms with Crippen LogP contribution in [-0.4, -0.2) is 9.13 Å². The van der Waals surface area contributed by atoms with Crippen LogP contribution >= 0.6 is 0 Å². The molecule has 4 nitrogen and oxygen atoms in total. The Kier molecular flexibility index (Phi) is 5.60. The summed E-state index contributed by atoms with van der Waals surface area (Å²) < 4.78 is 4.44. The lowest BCUT2D eigenvalue weighted by molar-refractivity contribution is 0.639. The van der Waals surface area contributed by atoms with E-state index in [1.165, 1.54) is 44.0 Å². The Hall–Kier alpha value is -5.84. The summed E-state index contributed by atoms with van der Waals surface area (Å²) in [5.74, 6) is 0. The van der Waals surface area contributed by atoms with Crippen LogP contribution in [-0.2, 0) is 11.8 Å². The van der Waals surface area contributed by atoms with Crippen LogP contribution < -0.4 is 0 Å². The highest BCUT2D eigenvalue weighted by molar-refractivity contribution is 6.21. The van der Waals surface area contributed by atoms with Gasteiger partial charge in [-0.15, -0.1) is 0 Å². The summed E-state index contributed by atoms with van der Waals surface area (Å²) in [6.07, 6.45) is 6.36. The largest absolute Gasteiger partial charge is 0.308 e. The second-order valence-electron chi connectivity index (χ2n) is 13.5. The van der Waals surface area contributed by atoms with Crippen molar-refractivity contribution in [1.29, 1.82) is 10.5 Å². The van der Waals surface area contributed by atoms with Crippen LogP contribution in [0.2, 0.25) is 0 Å². The average Bonchev–Trinajstić information content (AvgIpc) is 3.68. The number of hydrogen-bond donors (Lipinski definition) is 0. The van der Waals surface area contributed by atoms with Gasteiger partial charge in [-0.2, -0.15) is 10.5 Å². The van der Waals surface area contributed by atoms with Gasteiger partial charge in [-0.05, 0) is 84.5 Å². The Bertz CT molecular complexity index is 2690. The van der Waals surface area contributed by atoms with Crippen molar-refractivity contribution < 1.29 is 0 Å². The highest BCUT2D eigenvalue weighted by Gasteiger charge is 2.37. The van der Waals surface area contributed by atoms with Gasteiger partial charge in [-0.25, -0.2) is 0 Å². The van der Waals surface area contributed by atoms with Gasteiger partial charge in [-0.3, -0.25) is 0 Å². The minimum absolute atomic E-state index is 0.0838. The normalized spacial score (nSPS) is 15.0. The molecule has 224 valence electrons. The molecule has 0 unspecified atom stereocenters. The Labute approximate surface area is 273 Å². The first-order chi connectivity index (χ1) is 22.8. The molecule has 0 saturated carbocycles. The average molecular weight is 605 g/mol. The van der Waals surface area contributed by atoms with Gasteiger partial charge in [0.2, 0.25) is 0 Å². The molecular formula is C43H32N4. The molecule has 0 amide bonds. The molecule has 0 fully saturated rings. The SMILES string of the molecule is CC1=C(C)C(C)(C)c2ccc3c4c(n(-c5cc(C#N)c(-n6c7ccccc7c7c8ccccc8ccc76)cc5C#N)c3c21)C=CCC4. The minimum Gasteiger partial charge on any atom is -0.308 e. The van der Waals surface area contributed by atoms with Crippen LogP contribution in [0.3, 0.4) is 0 Å². The van der Waals surface area contributed by atoms with Crippen LogP contribution in [0.5, 0.6) is 0 Å². The zero-order valence-electron chi connectivity index (χ0n) is 26.9. The Balaban J connectivity index is 1.40. The van der Waals surface area contributed by atoms with Crippen molar-refractivity contribution in [2.24, 2.45) is 0 Å². The molecule has 4 heteroatoms. The number of hydrogen-bond acceptors (Lipinski definition) is 2. The first kappa shape index (κ1) is 27.5. The molecule has 47 heavy (non-hydrogen) atoms. The van der Waals surface area contributed by atoms with E-state index in [2.05, 4.69) is 128 Å². The van der Waals surface area contributed by atoms with Gasteiger partial charge in [0.1, 0.15) is 12.1 Å². The van der Waals surface area contributed by atoms with Gasteiger partial charge in [-0.1, -0.05) is 86.2 Å². The van der Waals surface area contributed by atoms with Gasteiger partial charge in [0.15, 0.2) is 0 Å². The number of nitrogens with zero attached hydrogens (tertiary/aromatic N) is 4. The second-order valence-corrected chi connectivity index (χ2v) is 13.5. The van der Waals surface area contributed by atoms with E-state index in [0.29, 0.717) is 16.8 Å². The van der Waals surface area contributed by atoms with Crippen LogP contribution in [0.25, 0.3) is 66.5 Å². The number of nitriles is 2. The highest BCUT2D eigenvalue weighted by atomic mass is 15.0. The number of aryl methyl sites for hydroxylation is 1. The fraction of sp³-hybridized carbons (Fsp3) is 0.163. The number of rotatable bonds is 2. The summed E-state index contributed by atoms with van der Waals surface area (Å²) in [6, 6.07) is 34.6. The van der Waals surface area contributed by atoms with E-state index in [0.717, 1.165) is 51.5 Å². The van der Waals surface area contributed by atoms with E-state index in [4.69, 9.17) is 0 Å². The maximum Gasteiger partial charge on any atom is 0.101 e. The molecule has 0 aliphatic heterocycles. The summed E-state index contributed by atoms with van der Waals surface area (Å²) in [7, 11) is 0. The van der Waals surface area contributed by atoms with Crippen LogP contribution in [0.1, 0.15) is 67.6 Å². The summed E-state index contributed by atoms with van der Waals surface area (Å²) in [6.45, 7) is 9.08. The summed E-state index contributed by atoms with van der Waals surface area (Å²) >= 11 is 0. The van der Waals surface area contributed by atoms with Crippen molar-refractivity contribution >= 4 is 55.1 Å². The third-order valence-corrected chi connectivity index (χ3v) is 11.1. The van der Waals surface area contributed by atoms with Crippen LogP contribution in [0.15, 0.2) is 96.6 Å². The van der Waals surface area contributed by atoms with Crippen molar-refractivity contribution in [3.05, 3.63) is 130 Å². The van der Waals surface area contributed by atoms with Crippen LogP contribution in [0.4, 0.5) is 0 Å². The van der Waals surface area contributed by atoms with Gasteiger partial charge >= 0.3 is 0 Å². The van der Waals surface area contributed by atoms with E-state index >= 15 is 0 Å². The maximum absolute atomic E-state index is 10.8. The van der Waals surface area contributed by atoms with Crippen molar-refractivity contribution in [2.75, 3.05) is 0 Å². The molecule has 0 saturated heterocycles. The van der Waals surface area contributed by atoms with Crippen molar-refractivity contribution in [3.8, 4) is 23.5 Å². The monoisotopic (exact) mass is 604 g/mol. The lowest BCUT2D eigenvalue weighted by Crippen LogP contribution is -2.15. The quantitative estimate of drug-likeness (QED) is 0.197. The first-order valence-electron chi connectivity index (χ1n) is 16.3. The van der Waals surface area contributed by atoms with E-state index in [-0.39, 0.29) is 5.41 Å². The maximum atomic E-state index is 10.8. The van der Waals surface area contributed by atoms with E-state index < -0.39 is 0 Å². The van der Waals surface area contributed by atoms with E-state index in [1.807, 2.05) is 18.2 Å². The fourth-order valence-corrected chi connectivity index (χ4v) is 8.45. The summed E-state index contributed by atoms with van der Waals surface area (Å²) in [5.41, 5.74) is 13.3. The molecule has 9 rings (SSSR count). The molecule has 0 atom stereocenters. The molecule has 2 aromatic heterocycles. The minimum atomic E-state index is -0.0838. The second kappa shape index (κ2) is 9.58. The fourth-order valence-electron chi connectivity index (χ4n) is 8.45. The highest BCUT2D eigenvalue weighted by Crippen LogP contribution is 2.51. The number of aromatic nitrogens is 2. The van der Waals surface area contributed by atoms with Gasteiger partial charge < -0.3 is 9.13 Å². The number of para-hydroxylation sites is 1. The Morgan fingerprint density at radius 2 is 1.43 bits per heavy atom. The number of allylic oxidation sites excluding steroid dienone is 3. The number of benzene rings is 5. The Morgan fingerprint density at radius 1 is 0.723 bits per heavy atom. The van der Waals surface area contributed by atoms with E-state index in [1.54, 1.807) is 0 Å². The molecule has 0 N–H and O–H groups in total. The molecule has 2 aliphatic rings. The summed E-state index contributed by atoms with van der Waals surface area (Å²) in [5, 5.41) is 27.5. The lowest BCUT2D eigenvalue weighted by atomic mass is 9.81. The van der Waals surface area contributed by atoms with Gasteiger partial charge in [0.05, 0.1) is 39.1 Å². The predicted octanol–water partition coefficient (Wildman–Crippen LogP) is 10.7. The van der Waals surface area contributed by atoms with Crippen LogP contribution in [0, 0.1) is 22.7 Å². The standard InChI is InChI=1S/C43H32N4/c1-25-26(2)43(3,4)34-19-18-32-31-13-7-9-15-35(31)47(42(32)40(25)34)39-22-28(23-44)38(21-29(39)24-45)46-36-16-10-8-14-33(36)41-30-12-6-5-11-27(30)17-20-37(41)46/h5-6,8-12,14-22H,7,13H2,1-4H3. The smallest absolute Gasteiger partial charge is 0.101 e. The van der Waals surface area contributed by atoms with Crippen molar-refractivity contribution in [3.63, 3.8) is 0 Å². The lowest BCUT2D eigenvalue weighted by Gasteiger charge is -2.22. The topological polar surface area (TPSA) is 57.4 Å². The molecule has 2 aliphatic carbocycles. The molecule has 0 radical (unpaired) electrons. The molecule has 0 bridgehead atoms. The number of fused-ring (bicyclic) bond motifs is 10. The summed E-state index contributed by atoms with van der Waals surface area (Å²) in [4.78, 5) is 0. The zero-order chi connectivity index (χ0) is 32.2. The predicted molar refractivity (Wildman–Crippen MR) is 193 cm³/mol. The van der Waals surface area contributed by atoms with E-state index in [9.17, 15) is 10.5 Å².